The van der Waals surface area contributed by atoms with E-state index in [9.17, 15) is 4.79 Å². The smallest absolute Gasteiger partial charge is 0.338 e. The first-order chi connectivity index (χ1) is 12.8. The lowest BCUT2D eigenvalue weighted by molar-refractivity contribution is 0.0497. The van der Waals surface area contributed by atoms with Crippen molar-refractivity contribution in [3.05, 3.63) is 70.3 Å². The Morgan fingerprint density at radius 2 is 1.41 bits per heavy atom. The van der Waals surface area contributed by atoms with Crippen LogP contribution in [0.25, 0.3) is 0 Å². The molecule has 146 valence electrons. The van der Waals surface area contributed by atoms with Gasteiger partial charge in [-0.15, -0.1) is 0 Å². The van der Waals surface area contributed by atoms with Crippen LogP contribution in [-0.4, -0.2) is 12.6 Å². The lowest BCUT2D eigenvalue weighted by atomic mass is 9.84. The zero-order valence-electron chi connectivity index (χ0n) is 17.7. The summed E-state index contributed by atoms with van der Waals surface area (Å²) in [5, 5.41) is 0. The SMILES string of the molecule is CC(C)c1cc(C(C)C)c(C(=O)OCCCc2ccccc2)c(C(C)C)c1. The van der Waals surface area contributed by atoms with Crippen molar-refractivity contribution >= 4 is 5.97 Å². The monoisotopic (exact) mass is 366 g/mol. The highest BCUT2D eigenvalue weighted by molar-refractivity contribution is 5.93. The average molecular weight is 367 g/mol. The number of carbonyl (C=O) groups excluding carboxylic acids is 1. The number of hydrogen-bond acceptors (Lipinski definition) is 2. The molecule has 0 fully saturated rings. The Hall–Kier alpha value is -2.09. The molecule has 0 atom stereocenters. The van der Waals surface area contributed by atoms with E-state index >= 15 is 0 Å². The van der Waals surface area contributed by atoms with Crippen LogP contribution in [0.15, 0.2) is 42.5 Å². The van der Waals surface area contributed by atoms with Crippen LogP contribution in [0.1, 0.15) is 98.3 Å². The topological polar surface area (TPSA) is 26.3 Å². The van der Waals surface area contributed by atoms with E-state index in [0.29, 0.717) is 12.5 Å². The van der Waals surface area contributed by atoms with Gasteiger partial charge in [-0.05, 0) is 52.8 Å². The Morgan fingerprint density at radius 1 is 0.852 bits per heavy atom. The van der Waals surface area contributed by atoms with Gasteiger partial charge in [-0.1, -0.05) is 84.0 Å². The van der Waals surface area contributed by atoms with Crippen LogP contribution in [0.2, 0.25) is 0 Å². The molecule has 0 saturated carbocycles. The van der Waals surface area contributed by atoms with E-state index in [0.717, 1.165) is 29.5 Å². The van der Waals surface area contributed by atoms with Crippen LogP contribution in [0, 0.1) is 0 Å². The molecular formula is C25H34O2. The number of ether oxygens (including phenoxy) is 1. The van der Waals surface area contributed by atoms with Crippen molar-refractivity contribution in [3.63, 3.8) is 0 Å². The summed E-state index contributed by atoms with van der Waals surface area (Å²) in [6, 6.07) is 14.7. The second-order valence-electron chi connectivity index (χ2n) is 8.26. The molecule has 2 heteroatoms. The Morgan fingerprint density at radius 3 is 1.89 bits per heavy atom. The molecule has 0 aliphatic heterocycles. The summed E-state index contributed by atoms with van der Waals surface area (Å²) >= 11 is 0. The Bertz CT molecular complexity index is 713. The molecule has 2 nitrogen and oxygen atoms in total. The van der Waals surface area contributed by atoms with Gasteiger partial charge < -0.3 is 4.74 Å². The first kappa shape index (κ1) is 21.2. The van der Waals surface area contributed by atoms with Gasteiger partial charge in [0.15, 0.2) is 0 Å². The highest BCUT2D eigenvalue weighted by Crippen LogP contribution is 2.32. The van der Waals surface area contributed by atoms with Crippen LogP contribution < -0.4 is 0 Å². The van der Waals surface area contributed by atoms with Crippen molar-refractivity contribution < 1.29 is 9.53 Å². The third-order valence-electron chi connectivity index (χ3n) is 5.02. The fourth-order valence-electron chi connectivity index (χ4n) is 3.35. The van der Waals surface area contributed by atoms with E-state index in [1.165, 1.54) is 11.1 Å². The third kappa shape index (κ3) is 5.69. The minimum Gasteiger partial charge on any atom is -0.462 e. The average Bonchev–Trinajstić information content (AvgIpc) is 2.64. The minimum atomic E-state index is -0.175. The number of benzene rings is 2. The fourth-order valence-corrected chi connectivity index (χ4v) is 3.35. The molecule has 0 bridgehead atoms. The summed E-state index contributed by atoms with van der Waals surface area (Å²) in [4.78, 5) is 13.0. The highest BCUT2D eigenvalue weighted by Gasteiger charge is 2.23. The second kappa shape index (κ2) is 9.73. The standard InChI is InChI=1S/C25H34O2/c1-17(2)21-15-22(18(3)4)24(23(16-21)19(5)6)25(26)27-14-10-13-20-11-8-7-9-12-20/h7-9,11-12,15-19H,10,13-14H2,1-6H3. The van der Waals surface area contributed by atoms with Crippen molar-refractivity contribution in [1.29, 1.82) is 0 Å². The molecule has 0 radical (unpaired) electrons. The summed E-state index contributed by atoms with van der Waals surface area (Å²) in [6.45, 7) is 13.4. The quantitative estimate of drug-likeness (QED) is 0.377. The lowest BCUT2D eigenvalue weighted by Crippen LogP contribution is -2.15. The number of rotatable bonds is 8. The van der Waals surface area contributed by atoms with Gasteiger partial charge in [0.05, 0.1) is 12.2 Å². The normalized spacial score (nSPS) is 11.4. The van der Waals surface area contributed by atoms with E-state index in [-0.39, 0.29) is 17.8 Å². The van der Waals surface area contributed by atoms with Gasteiger partial charge in [-0.2, -0.15) is 0 Å². The summed E-state index contributed by atoms with van der Waals surface area (Å²) in [5.41, 5.74) is 5.57. The van der Waals surface area contributed by atoms with Crippen molar-refractivity contribution in [2.75, 3.05) is 6.61 Å². The second-order valence-corrected chi connectivity index (χ2v) is 8.26. The maximum Gasteiger partial charge on any atom is 0.338 e. The van der Waals surface area contributed by atoms with Gasteiger partial charge in [0.25, 0.3) is 0 Å². The van der Waals surface area contributed by atoms with Gasteiger partial charge in [-0.25, -0.2) is 4.79 Å². The number of hydrogen-bond donors (Lipinski definition) is 0. The first-order valence-corrected chi connectivity index (χ1v) is 10.2. The van der Waals surface area contributed by atoms with Gasteiger partial charge in [0.1, 0.15) is 0 Å². The first-order valence-electron chi connectivity index (χ1n) is 10.2. The van der Waals surface area contributed by atoms with E-state index in [1.807, 2.05) is 18.2 Å². The molecule has 0 unspecified atom stereocenters. The molecule has 0 spiro atoms. The van der Waals surface area contributed by atoms with Gasteiger partial charge in [0.2, 0.25) is 0 Å². The van der Waals surface area contributed by atoms with E-state index in [1.54, 1.807) is 0 Å². The predicted molar refractivity (Wildman–Crippen MR) is 114 cm³/mol. The number of aryl methyl sites for hydroxylation is 1. The zero-order valence-corrected chi connectivity index (χ0v) is 17.7. The maximum atomic E-state index is 13.0. The van der Waals surface area contributed by atoms with Crippen LogP contribution in [-0.2, 0) is 11.2 Å². The predicted octanol–water partition coefficient (Wildman–Crippen LogP) is 6.85. The van der Waals surface area contributed by atoms with E-state index < -0.39 is 0 Å². The van der Waals surface area contributed by atoms with Crippen molar-refractivity contribution in [2.24, 2.45) is 0 Å². The summed E-state index contributed by atoms with van der Waals surface area (Å²) in [6.07, 6.45) is 1.77. The lowest BCUT2D eigenvalue weighted by Gasteiger charge is -2.22. The summed E-state index contributed by atoms with van der Waals surface area (Å²) in [7, 11) is 0. The van der Waals surface area contributed by atoms with Crippen molar-refractivity contribution in [1.82, 2.24) is 0 Å². The Labute approximate surface area is 165 Å². The molecule has 0 saturated heterocycles. The van der Waals surface area contributed by atoms with Crippen LogP contribution in [0.5, 0.6) is 0 Å². The Balaban J connectivity index is 2.18. The van der Waals surface area contributed by atoms with Crippen LogP contribution in [0.4, 0.5) is 0 Å². The molecule has 0 heterocycles. The largest absolute Gasteiger partial charge is 0.462 e. The molecule has 27 heavy (non-hydrogen) atoms. The number of carbonyl (C=O) groups is 1. The molecule has 0 aliphatic carbocycles. The van der Waals surface area contributed by atoms with E-state index in [4.69, 9.17) is 4.74 Å². The van der Waals surface area contributed by atoms with Gasteiger partial charge in [0, 0.05) is 0 Å². The van der Waals surface area contributed by atoms with E-state index in [2.05, 4.69) is 65.8 Å². The summed E-state index contributed by atoms with van der Waals surface area (Å²) < 4.78 is 5.69. The van der Waals surface area contributed by atoms with Crippen LogP contribution >= 0.6 is 0 Å². The van der Waals surface area contributed by atoms with Crippen molar-refractivity contribution in [3.8, 4) is 0 Å². The Kier molecular flexibility index (Phi) is 7.65. The molecule has 2 rings (SSSR count). The van der Waals surface area contributed by atoms with Gasteiger partial charge >= 0.3 is 5.97 Å². The summed E-state index contributed by atoms with van der Waals surface area (Å²) in [5.74, 6) is 0.836. The molecular weight excluding hydrogens is 332 g/mol. The minimum absolute atomic E-state index is 0.175. The van der Waals surface area contributed by atoms with Gasteiger partial charge in [-0.3, -0.25) is 0 Å². The molecule has 2 aromatic rings. The van der Waals surface area contributed by atoms with Crippen LogP contribution in [0.3, 0.4) is 0 Å². The van der Waals surface area contributed by atoms with Crippen molar-refractivity contribution in [2.45, 2.75) is 72.1 Å². The molecule has 2 aromatic carbocycles. The molecule has 0 aliphatic rings. The fraction of sp³-hybridized carbons (Fsp3) is 0.480. The maximum absolute atomic E-state index is 13.0. The molecule has 0 amide bonds. The third-order valence-corrected chi connectivity index (χ3v) is 5.02. The molecule has 0 aromatic heterocycles. The highest BCUT2D eigenvalue weighted by atomic mass is 16.5. The zero-order chi connectivity index (χ0) is 20.0. The molecule has 0 N–H and O–H groups in total. The number of esters is 1.